The Morgan fingerprint density at radius 2 is 2.00 bits per heavy atom. The van der Waals surface area contributed by atoms with Gasteiger partial charge in [-0.1, -0.05) is 42.5 Å². The number of nitrogens with one attached hydrogen (secondary N) is 3. The van der Waals surface area contributed by atoms with Crippen LogP contribution in [0.2, 0.25) is 0 Å². The van der Waals surface area contributed by atoms with Gasteiger partial charge < -0.3 is 25.1 Å². The van der Waals surface area contributed by atoms with Crippen molar-refractivity contribution in [3.63, 3.8) is 0 Å². The molecule has 33 heavy (non-hydrogen) atoms. The van der Waals surface area contributed by atoms with Crippen molar-refractivity contribution in [1.82, 2.24) is 20.6 Å². The number of halogens is 1. The lowest BCUT2D eigenvalue weighted by Crippen LogP contribution is -2.36. The van der Waals surface area contributed by atoms with Crippen molar-refractivity contribution in [3.8, 4) is 17.0 Å². The number of aryl methyl sites for hydroxylation is 1. The van der Waals surface area contributed by atoms with Crippen molar-refractivity contribution in [2.75, 3.05) is 20.3 Å². The second-order valence-electron chi connectivity index (χ2n) is 7.95. The highest BCUT2D eigenvalue weighted by molar-refractivity contribution is 14.0. The third-order valence-electron chi connectivity index (χ3n) is 5.48. The summed E-state index contributed by atoms with van der Waals surface area (Å²) in [5.74, 6) is 2.44. The van der Waals surface area contributed by atoms with E-state index in [0.717, 1.165) is 47.8 Å². The van der Waals surface area contributed by atoms with Gasteiger partial charge in [0, 0.05) is 25.8 Å². The van der Waals surface area contributed by atoms with Gasteiger partial charge in [-0.2, -0.15) is 0 Å². The van der Waals surface area contributed by atoms with E-state index in [9.17, 15) is 0 Å². The van der Waals surface area contributed by atoms with Crippen molar-refractivity contribution in [2.45, 2.75) is 39.0 Å². The number of aromatic nitrogens is 2. The van der Waals surface area contributed by atoms with E-state index >= 15 is 0 Å². The first kappa shape index (κ1) is 25.0. The third kappa shape index (κ3) is 7.20. The molecule has 176 valence electrons. The molecule has 0 bridgehead atoms. The molecule has 0 amide bonds. The molecule has 3 aromatic rings. The highest BCUT2D eigenvalue weighted by Gasteiger charge is 2.17. The summed E-state index contributed by atoms with van der Waals surface area (Å²) in [6.07, 6.45) is 4.22. The largest absolute Gasteiger partial charge is 0.491 e. The minimum atomic E-state index is 0. The van der Waals surface area contributed by atoms with Gasteiger partial charge in [-0.15, -0.1) is 24.0 Å². The van der Waals surface area contributed by atoms with E-state index in [1.54, 1.807) is 7.05 Å². The molecule has 0 saturated carbocycles. The standard InChI is InChI=1S/C25H31N5O2.HI/c1-18-10-11-20(23(13-18)32-17-21-9-6-12-31-21)14-28-25(26-2)29-16-24-27-15-22(30-24)19-7-4-3-5-8-19;/h3-5,7-8,10-11,13,15,21H,6,9,12,14,16-17H2,1-2H3,(H,27,30)(H2,26,28,29);1H. The molecule has 1 saturated heterocycles. The van der Waals surface area contributed by atoms with Gasteiger partial charge in [-0.25, -0.2) is 4.98 Å². The number of H-pyrrole nitrogens is 1. The zero-order valence-electron chi connectivity index (χ0n) is 19.1. The first-order valence-corrected chi connectivity index (χ1v) is 11.1. The molecule has 1 fully saturated rings. The molecule has 1 aromatic heterocycles. The van der Waals surface area contributed by atoms with Crippen LogP contribution >= 0.6 is 24.0 Å². The zero-order valence-corrected chi connectivity index (χ0v) is 21.5. The van der Waals surface area contributed by atoms with Gasteiger partial charge in [-0.05, 0) is 37.0 Å². The summed E-state index contributed by atoms with van der Waals surface area (Å²) in [6, 6.07) is 16.4. The van der Waals surface area contributed by atoms with E-state index in [-0.39, 0.29) is 30.1 Å². The highest BCUT2D eigenvalue weighted by Crippen LogP contribution is 2.22. The van der Waals surface area contributed by atoms with Crippen LogP contribution < -0.4 is 15.4 Å². The average molecular weight is 561 g/mol. The van der Waals surface area contributed by atoms with Crippen molar-refractivity contribution < 1.29 is 9.47 Å². The first-order chi connectivity index (χ1) is 15.7. The predicted molar refractivity (Wildman–Crippen MR) is 142 cm³/mol. The molecule has 1 atom stereocenters. The van der Waals surface area contributed by atoms with Crippen LogP contribution in [0.5, 0.6) is 5.75 Å². The molecular weight excluding hydrogens is 529 g/mol. The van der Waals surface area contributed by atoms with E-state index in [2.05, 4.69) is 62.8 Å². The maximum Gasteiger partial charge on any atom is 0.191 e. The van der Waals surface area contributed by atoms with Gasteiger partial charge in [-0.3, -0.25) is 4.99 Å². The molecule has 2 aromatic carbocycles. The Balaban J connectivity index is 0.00000306. The normalized spacial score (nSPS) is 15.7. The Bertz CT molecular complexity index is 1030. The van der Waals surface area contributed by atoms with E-state index in [0.29, 0.717) is 25.7 Å². The van der Waals surface area contributed by atoms with E-state index < -0.39 is 0 Å². The minimum Gasteiger partial charge on any atom is -0.491 e. The molecule has 0 radical (unpaired) electrons. The number of rotatable bonds is 8. The van der Waals surface area contributed by atoms with Crippen molar-refractivity contribution >= 4 is 29.9 Å². The molecule has 1 aliphatic heterocycles. The van der Waals surface area contributed by atoms with Crippen LogP contribution in [-0.4, -0.2) is 42.3 Å². The van der Waals surface area contributed by atoms with Crippen LogP contribution in [0.15, 0.2) is 59.7 Å². The summed E-state index contributed by atoms with van der Waals surface area (Å²) in [7, 11) is 1.76. The van der Waals surface area contributed by atoms with Crippen LogP contribution in [0.3, 0.4) is 0 Å². The van der Waals surface area contributed by atoms with Crippen LogP contribution in [0.4, 0.5) is 0 Å². The number of guanidine groups is 1. The summed E-state index contributed by atoms with van der Waals surface area (Å²) < 4.78 is 11.8. The lowest BCUT2D eigenvalue weighted by Gasteiger charge is -2.17. The number of hydrogen-bond acceptors (Lipinski definition) is 4. The number of ether oxygens (including phenoxy) is 2. The molecule has 4 rings (SSSR count). The molecule has 1 aliphatic rings. The lowest BCUT2D eigenvalue weighted by atomic mass is 10.1. The molecule has 1 unspecified atom stereocenters. The van der Waals surface area contributed by atoms with Gasteiger partial charge in [0.05, 0.1) is 24.5 Å². The van der Waals surface area contributed by atoms with Gasteiger partial charge in [0.1, 0.15) is 18.2 Å². The Morgan fingerprint density at radius 3 is 2.76 bits per heavy atom. The fraction of sp³-hybridized carbons (Fsp3) is 0.360. The third-order valence-corrected chi connectivity index (χ3v) is 5.48. The molecule has 7 nitrogen and oxygen atoms in total. The molecule has 0 spiro atoms. The van der Waals surface area contributed by atoms with E-state index in [4.69, 9.17) is 9.47 Å². The van der Waals surface area contributed by atoms with Crippen LogP contribution in [-0.2, 0) is 17.8 Å². The van der Waals surface area contributed by atoms with Gasteiger partial charge in [0.15, 0.2) is 5.96 Å². The zero-order chi connectivity index (χ0) is 22.2. The van der Waals surface area contributed by atoms with E-state index in [1.165, 1.54) is 5.56 Å². The SMILES string of the molecule is CN=C(NCc1ncc(-c2ccccc2)[nH]1)NCc1ccc(C)cc1OCC1CCCO1.I. The average Bonchev–Trinajstić information content (AvgIpc) is 3.52. The predicted octanol–water partition coefficient (Wildman–Crippen LogP) is 4.43. The van der Waals surface area contributed by atoms with Crippen LogP contribution in [0.1, 0.15) is 29.8 Å². The number of nitrogens with zero attached hydrogens (tertiary/aromatic N) is 2. The summed E-state index contributed by atoms with van der Waals surface area (Å²) in [5, 5.41) is 6.68. The number of benzene rings is 2. The Hall–Kier alpha value is -2.59. The Morgan fingerprint density at radius 1 is 1.18 bits per heavy atom. The van der Waals surface area contributed by atoms with E-state index in [1.807, 2.05) is 24.4 Å². The van der Waals surface area contributed by atoms with Crippen LogP contribution in [0, 0.1) is 6.92 Å². The number of aliphatic imine (C=N–C) groups is 1. The monoisotopic (exact) mass is 561 g/mol. The fourth-order valence-electron chi connectivity index (χ4n) is 3.68. The van der Waals surface area contributed by atoms with Gasteiger partial charge in [0.2, 0.25) is 0 Å². The summed E-state index contributed by atoms with van der Waals surface area (Å²) in [6.45, 7) is 4.65. The number of imidazole rings is 1. The maximum absolute atomic E-state index is 6.10. The van der Waals surface area contributed by atoms with Crippen molar-refractivity contribution in [2.24, 2.45) is 4.99 Å². The molecule has 0 aliphatic carbocycles. The Kier molecular flexibility index (Phi) is 9.56. The first-order valence-electron chi connectivity index (χ1n) is 11.1. The maximum atomic E-state index is 6.10. The highest BCUT2D eigenvalue weighted by atomic mass is 127. The van der Waals surface area contributed by atoms with Crippen molar-refractivity contribution in [3.05, 3.63) is 71.7 Å². The minimum absolute atomic E-state index is 0. The molecule has 3 N–H and O–H groups in total. The quantitative estimate of drug-likeness (QED) is 0.216. The lowest BCUT2D eigenvalue weighted by molar-refractivity contribution is 0.0676. The Labute approximate surface area is 212 Å². The fourth-order valence-corrected chi connectivity index (χ4v) is 3.68. The molecule has 8 heteroatoms. The summed E-state index contributed by atoms with van der Waals surface area (Å²) in [4.78, 5) is 12.2. The van der Waals surface area contributed by atoms with Gasteiger partial charge in [0.25, 0.3) is 0 Å². The second-order valence-corrected chi connectivity index (χ2v) is 7.95. The molecular formula is C25H32IN5O2. The van der Waals surface area contributed by atoms with Crippen LogP contribution in [0.25, 0.3) is 11.3 Å². The van der Waals surface area contributed by atoms with Crippen molar-refractivity contribution in [1.29, 1.82) is 0 Å². The second kappa shape index (κ2) is 12.6. The molecule has 2 heterocycles. The summed E-state index contributed by atoms with van der Waals surface area (Å²) in [5.41, 5.74) is 4.37. The summed E-state index contributed by atoms with van der Waals surface area (Å²) >= 11 is 0. The van der Waals surface area contributed by atoms with Gasteiger partial charge >= 0.3 is 0 Å². The smallest absolute Gasteiger partial charge is 0.191 e. The topological polar surface area (TPSA) is 83.6 Å². The number of hydrogen-bond donors (Lipinski definition) is 3. The number of aromatic amines is 1.